The van der Waals surface area contributed by atoms with Crippen molar-refractivity contribution in [2.75, 3.05) is 13.1 Å². The zero-order valence-corrected chi connectivity index (χ0v) is 14.8. The van der Waals surface area contributed by atoms with E-state index >= 15 is 0 Å². The Kier molecular flexibility index (Phi) is 4.57. The maximum Gasteiger partial charge on any atom is 0.224 e. The van der Waals surface area contributed by atoms with Crippen LogP contribution in [0.4, 0.5) is 0 Å². The van der Waals surface area contributed by atoms with Crippen LogP contribution >= 0.6 is 0 Å². The summed E-state index contributed by atoms with van der Waals surface area (Å²) < 4.78 is 2.07. The predicted octanol–water partition coefficient (Wildman–Crippen LogP) is 2.53. The molecule has 1 aromatic heterocycles. The summed E-state index contributed by atoms with van der Waals surface area (Å²) in [7, 11) is 0. The van der Waals surface area contributed by atoms with Crippen molar-refractivity contribution in [1.82, 2.24) is 19.8 Å². The smallest absolute Gasteiger partial charge is 0.224 e. The van der Waals surface area contributed by atoms with Crippen LogP contribution < -0.4 is 5.32 Å². The van der Waals surface area contributed by atoms with Gasteiger partial charge in [0.1, 0.15) is 5.82 Å². The topological polar surface area (TPSA) is 50.2 Å². The number of hydrogen-bond donors (Lipinski definition) is 1. The van der Waals surface area contributed by atoms with E-state index < -0.39 is 0 Å². The number of aromatic nitrogens is 2. The number of imidazole rings is 1. The number of benzene rings is 1. The summed E-state index contributed by atoms with van der Waals surface area (Å²) in [5.41, 5.74) is 1.35. The summed E-state index contributed by atoms with van der Waals surface area (Å²) in [6.45, 7) is 4.54. The summed E-state index contributed by atoms with van der Waals surface area (Å²) in [4.78, 5) is 19.6. The lowest BCUT2D eigenvalue weighted by atomic mass is 9.93. The molecular formula is C20H26N4O. The highest BCUT2D eigenvalue weighted by molar-refractivity contribution is 5.80. The average Bonchev–Trinajstić information content (AvgIpc) is 3.32. The van der Waals surface area contributed by atoms with Crippen LogP contribution in [0.5, 0.6) is 0 Å². The summed E-state index contributed by atoms with van der Waals surface area (Å²) >= 11 is 0. The molecule has 2 saturated heterocycles. The fourth-order valence-electron chi connectivity index (χ4n) is 4.52. The Bertz CT molecular complexity index is 726. The lowest BCUT2D eigenvalue weighted by molar-refractivity contribution is -0.125. The highest BCUT2D eigenvalue weighted by Gasteiger charge is 2.46. The number of amides is 1. The van der Waals surface area contributed by atoms with E-state index in [2.05, 4.69) is 50.1 Å². The third kappa shape index (κ3) is 3.21. The van der Waals surface area contributed by atoms with E-state index in [0.717, 1.165) is 31.8 Å². The Morgan fingerprint density at radius 1 is 1.32 bits per heavy atom. The Morgan fingerprint density at radius 3 is 2.92 bits per heavy atom. The van der Waals surface area contributed by atoms with Crippen LogP contribution in [0.2, 0.25) is 0 Å². The molecule has 0 saturated carbocycles. The molecule has 2 fully saturated rings. The van der Waals surface area contributed by atoms with Gasteiger partial charge < -0.3 is 9.88 Å². The van der Waals surface area contributed by atoms with E-state index in [9.17, 15) is 4.79 Å². The van der Waals surface area contributed by atoms with E-state index in [0.29, 0.717) is 18.6 Å². The van der Waals surface area contributed by atoms with Crippen molar-refractivity contribution in [2.45, 2.75) is 44.8 Å². The van der Waals surface area contributed by atoms with E-state index in [1.54, 1.807) is 6.20 Å². The lowest BCUT2D eigenvalue weighted by Crippen LogP contribution is -2.38. The number of carbonyl (C=O) groups excluding carboxylic acids is 1. The second-order valence-electron chi connectivity index (χ2n) is 7.17. The molecule has 132 valence electrons. The molecular weight excluding hydrogens is 312 g/mol. The van der Waals surface area contributed by atoms with Gasteiger partial charge in [0, 0.05) is 37.6 Å². The Hall–Kier alpha value is -2.14. The van der Waals surface area contributed by atoms with Crippen LogP contribution in [-0.2, 0) is 11.3 Å². The van der Waals surface area contributed by atoms with Crippen LogP contribution in [0.15, 0.2) is 42.7 Å². The fraction of sp³-hybridized carbons (Fsp3) is 0.500. The number of carbonyl (C=O) groups is 1. The van der Waals surface area contributed by atoms with Gasteiger partial charge in [0.15, 0.2) is 0 Å². The molecule has 3 atom stereocenters. The van der Waals surface area contributed by atoms with Crippen molar-refractivity contribution in [3.8, 4) is 0 Å². The van der Waals surface area contributed by atoms with Gasteiger partial charge in [-0.2, -0.15) is 0 Å². The monoisotopic (exact) mass is 338 g/mol. The summed E-state index contributed by atoms with van der Waals surface area (Å²) in [6, 6.07) is 11.4. The van der Waals surface area contributed by atoms with E-state index in [1.165, 1.54) is 12.0 Å². The van der Waals surface area contributed by atoms with Gasteiger partial charge >= 0.3 is 0 Å². The minimum Gasteiger partial charge on any atom is -0.354 e. The highest BCUT2D eigenvalue weighted by Crippen LogP contribution is 2.44. The third-order valence-corrected chi connectivity index (χ3v) is 5.78. The minimum absolute atomic E-state index is 0.108. The van der Waals surface area contributed by atoms with Gasteiger partial charge in [0.25, 0.3) is 0 Å². The first-order valence-corrected chi connectivity index (χ1v) is 9.30. The second kappa shape index (κ2) is 7.00. The van der Waals surface area contributed by atoms with Gasteiger partial charge in [-0.25, -0.2) is 4.98 Å². The van der Waals surface area contributed by atoms with Crippen molar-refractivity contribution < 1.29 is 4.79 Å². The Balaban J connectivity index is 1.40. The third-order valence-electron chi connectivity index (χ3n) is 5.78. The molecule has 1 N–H and O–H groups in total. The highest BCUT2D eigenvalue weighted by atomic mass is 16.2. The molecule has 2 aliphatic heterocycles. The van der Waals surface area contributed by atoms with Crippen LogP contribution in [0.25, 0.3) is 0 Å². The molecule has 0 aliphatic carbocycles. The molecule has 0 bridgehead atoms. The van der Waals surface area contributed by atoms with Crippen molar-refractivity contribution in [1.29, 1.82) is 0 Å². The van der Waals surface area contributed by atoms with E-state index in [4.69, 9.17) is 0 Å². The second-order valence-corrected chi connectivity index (χ2v) is 7.17. The maximum atomic E-state index is 12.8. The quantitative estimate of drug-likeness (QED) is 0.911. The standard InChI is InChI=1S/C20H26N4O/c1-15-21-9-12-23(15)13-10-22-20(25)17-14-19(16-6-3-2-4-7-16)24-11-5-8-18(17)24/h2-4,6-7,9,12,17-19H,5,8,10-11,13-14H2,1H3,(H,22,25)/t17-,18+,19-/m1/s1. The number of fused-ring (bicyclic) bond motifs is 1. The number of hydrogen-bond acceptors (Lipinski definition) is 3. The molecule has 25 heavy (non-hydrogen) atoms. The number of nitrogens with zero attached hydrogens (tertiary/aromatic N) is 3. The van der Waals surface area contributed by atoms with Gasteiger partial charge in [-0.3, -0.25) is 9.69 Å². The van der Waals surface area contributed by atoms with Crippen LogP contribution in [-0.4, -0.2) is 39.5 Å². The first-order valence-electron chi connectivity index (χ1n) is 9.30. The first-order chi connectivity index (χ1) is 12.2. The van der Waals surface area contributed by atoms with Gasteiger partial charge in [-0.15, -0.1) is 0 Å². The zero-order chi connectivity index (χ0) is 17.2. The normalized spacial score (nSPS) is 25.9. The van der Waals surface area contributed by atoms with Crippen molar-refractivity contribution in [2.24, 2.45) is 5.92 Å². The first kappa shape index (κ1) is 16.3. The van der Waals surface area contributed by atoms with E-state index in [1.807, 2.05) is 13.1 Å². The van der Waals surface area contributed by atoms with Crippen molar-refractivity contribution >= 4 is 5.91 Å². The summed E-state index contributed by atoms with van der Waals surface area (Å²) in [5, 5.41) is 3.16. The van der Waals surface area contributed by atoms with Gasteiger partial charge in [-0.1, -0.05) is 30.3 Å². The largest absolute Gasteiger partial charge is 0.354 e. The molecule has 0 radical (unpaired) electrons. The van der Waals surface area contributed by atoms with E-state index in [-0.39, 0.29) is 11.8 Å². The summed E-state index contributed by atoms with van der Waals surface area (Å²) in [5.74, 6) is 1.31. The van der Waals surface area contributed by atoms with Crippen LogP contribution in [0, 0.1) is 12.8 Å². The molecule has 5 heteroatoms. The molecule has 2 aromatic rings. The molecule has 3 heterocycles. The molecule has 1 aromatic carbocycles. The molecule has 5 nitrogen and oxygen atoms in total. The van der Waals surface area contributed by atoms with Crippen molar-refractivity contribution in [3.05, 3.63) is 54.1 Å². The number of aryl methyl sites for hydroxylation is 1. The van der Waals surface area contributed by atoms with Gasteiger partial charge in [-0.05, 0) is 38.3 Å². The predicted molar refractivity (Wildman–Crippen MR) is 97.0 cm³/mol. The molecule has 2 aliphatic rings. The molecule has 1 amide bonds. The van der Waals surface area contributed by atoms with Gasteiger partial charge in [0.05, 0.1) is 5.92 Å². The molecule has 4 rings (SSSR count). The van der Waals surface area contributed by atoms with Gasteiger partial charge in [0.2, 0.25) is 5.91 Å². The SMILES string of the molecule is Cc1nccn1CCNC(=O)[C@@H]1C[C@H](c2ccccc2)N2CCC[C@@H]12. The molecule has 0 unspecified atom stereocenters. The Labute approximate surface area is 149 Å². The average molecular weight is 338 g/mol. The lowest BCUT2D eigenvalue weighted by Gasteiger charge is -2.24. The molecule has 0 spiro atoms. The number of rotatable bonds is 5. The zero-order valence-electron chi connectivity index (χ0n) is 14.8. The van der Waals surface area contributed by atoms with Crippen molar-refractivity contribution in [3.63, 3.8) is 0 Å². The van der Waals surface area contributed by atoms with Crippen LogP contribution in [0.1, 0.15) is 36.7 Å². The van der Waals surface area contributed by atoms with Crippen LogP contribution in [0.3, 0.4) is 0 Å². The fourth-order valence-corrected chi connectivity index (χ4v) is 4.52. The number of nitrogens with one attached hydrogen (secondary N) is 1. The Morgan fingerprint density at radius 2 is 2.16 bits per heavy atom. The maximum absolute atomic E-state index is 12.8. The summed E-state index contributed by atoms with van der Waals surface area (Å²) in [6.07, 6.45) is 7.04. The minimum atomic E-state index is 0.108.